The number of pyridine rings is 1. The number of rotatable bonds is 3. The second-order valence-corrected chi connectivity index (χ2v) is 7.11. The third-order valence-corrected chi connectivity index (χ3v) is 5.23. The second kappa shape index (κ2) is 6.14. The number of thioether (sulfide) groups is 1. The summed E-state index contributed by atoms with van der Waals surface area (Å²) in [5.74, 6) is 2.72. The molecule has 2 heterocycles. The van der Waals surface area contributed by atoms with Crippen LogP contribution in [0.15, 0.2) is 12.1 Å². The van der Waals surface area contributed by atoms with Gasteiger partial charge in [0.15, 0.2) is 0 Å². The summed E-state index contributed by atoms with van der Waals surface area (Å²) < 4.78 is 0. The normalized spacial score (nSPS) is 24.0. The van der Waals surface area contributed by atoms with E-state index in [-0.39, 0.29) is 0 Å². The van der Waals surface area contributed by atoms with E-state index in [1.54, 1.807) is 0 Å². The monoisotopic (exact) mass is 279 g/mol. The van der Waals surface area contributed by atoms with Gasteiger partial charge < -0.3 is 10.6 Å². The Morgan fingerprint density at radius 1 is 1.42 bits per heavy atom. The first-order valence-corrected chi connectivity index (χ1v) is 8.17. The summed E-state index contributed by atoms with van der Waals surface area (Å²) in [6.07, 6.45) is 0. The first-order valence-electron chi connectivity index (χ1n) is 7.12. The van der Waals surface area contributed by atoms with Gasteiger partial charge in [0.2, 0.25) is 0 Å². The summed E-state index contributed by atoms with van der Waals surface area (Å²) in [7, 11) is 0. The molecule has 2 N–H and O–H groups in total. The molecule has 3 nitrogen and oxygen atoms in total. The van der Waals surface area contributed by atoms with Crippen LogP contribution in [-0.4, -0.2) is 28.6 Å². The molecule has 1 aromatic heterocycles. The fourth-order valence-electron chi connectivity index (χ4n) is 2.41. The van der Waals surface area contributed by atoms with Gasteiger partial charge in [0.1, 0.15) is 5.82 Å². The molecular formula is C15H25N3S. The Hall–Kier alpha value is -0.740. The average Bonchev–Trinajstić information content (AvgIpc) is 2.41. The number of hydrogen-bond donors (Lipinski definition) is 1. The summed E-state index contributed by atoms with van der Waals surface area (Å²) >= 11 is 2.05. The zero-order valence-electron chi connectivity index (χ0n) is 12.4. The molecule has 1 saturated heterocycles. The van der Waals surface area contributed by atoms with Crippen LogP contribution >= 0.6 is 11.8 Å². The second-order valence-electron chi connectivity index (χ2n) is 5.63. The maximum absolute atomic E-state index is 5.83. The predicted molar refractivity (Wildman–Crippen MR) is 84.9 cm³/mol. The molecule has 2 rings (SSSR count). The van der Waals surface area contributed by atoms with Crippen LogP contribution in [0.25, 0.3) is 0 Å². The molecule has 106 valence electrons. The Balaban J connectivity index is 2.34. The van der Waals surface area contributed by atoms with Crippen molar-refractivity contribution in [3.8, 4) is 0 Å². The average molecular weight is 279 g/mol. The van der Waals surface area contributed by atoms with Crippen molar-refractivity contribution in [3.05, 3.63) is 23.4 Å². The van der Waals surface area contributed by atoms with Crippen LogP contribution in [-0.2, 0) is 6.54 Å². The molecule has 2 atom stereocenters. The largest absolute Gasteiger partial charge is 0.352 e. The minimum atomic E-state index is 0.442. The summed E-state index contributed by atoms with van der Waals surface area (Å²) in [4.78, 5) is 7.29. The molecule has 0 aliphatic carbocycles. The maximum Gasteiger partial charge on any atom is 0.129 e. The van der Waals surface area contributed by atoms with Crippen LogP contribution in [0.2, 0.25) is 0 Å². The summed E-state index contributed by atoms with van der Waals surface area (Å²) in [5, 5.41) is 0.652. The van der Waals surface area contributed by atoms with E-state index in [0.717, 1.165) is 18.1 Å². The van der Waals surface area contributed by atoms with E-state index in [9.17, 15) is 0 Å². The van der Waals surface area contributed by atoms with Crippen molar-refractivity contribution in [1.29, 1.82) is 0 Å². The zero-order chi connectivity index (χ0) is 14.0. The van der Waals surface area contributed by atoms with Crippen LogP contribution < -0.4 is 10.6 Å². The minimum absolute atomic E-state index is 0.442. The van der Waals surface area contributed by atoms with Gasteiger partial charge in [-0.1, -0.05) is 20.8 Å². The molecule has 0 bridgehead atoms. The smallest absolute Gasteiger partial charge is 0.129 e. The van der Waals surface area contributed by atoms with Crippen LogP contribution in [0.3, 0.4) is 0 Å². The fourth-order valence-corrected chi connectivity index (χ4v) is 3.51. The first-order chi connectivity index (χ1) is 9.02. The van der Waals surface area contributed by atoms with Crippen molar-refractivity contribution >= 4 is 17.6 Å². The highest BCUT2D eigenvalue weighted by Gasteiger charge is 2.26. The van der Waals surface area contributed by atoms with E-state index >= 15 is 0 Å². The minimum Gasteiger partial charge on any atom is -0.352 e. The van der Waals surface area contributed by atoms with E-state index in [1.165, 1.54) is 11.3 Å². The predicted octanol–water partition coefficient (Wildman–Crippen LogP) is 2.99. The highest BCUT2D eigenvalue weighted by Crippen LogP contribution is 2.29. The number of nitrogens with two attached hydrogens (primary N) is 1. The Bertz CT molecular complexity index is 433. The Kier molecular flexibility index (Phi) is 4.74. The standard InChI is InChI=1S/C15H25N3S/c1-10(2)14-7-13(9-16)8-15(17-14)18-5-6-19-12(4)11(18)3/h7-8,10-12H,5-6,9,16H2,1-4H3. The van der Waals surface area contributed by atoms with Gasteiger partial charge in [-0.25, -0.2) is 4.98 Å². The molecule has 0 spiro atoms. The van der Waals surface area contributed by atoms with Crippen molar-refractivity contribution in [2.45, 2.75) is 51.4 Å². The molecule has 0 saturated carbocycles. The van der Waals surface area contributed by atoms with Gasteiger partial charge in [-0.2, -0.15) is 11.8 Å². The van der Waals surface area contributed by atoms with Crippen LogP contribution in [0.1, 0.15) is 44.9 Å². The van der Waals surface area contributed by atoms with E-state index in [1.807, 2.05) is 0 Å². The molecule has 19 heavy (non-hydrogen) atoms. The number of hydrogen-bond acceptors (Lipinski definition) is 4. The van der Waals surface area contributed by atoms with Gasteiger partial charge in [0.25, 0.3) is 0 Å². The van der Waals surface area contributed by atoms with Gasteiger partial charge in [-0.05, 0) is 30.5 Å². The van der Waals surface area contributed by atoms with E-state index < -0.39 is 0 Å². The lowest BCUT2D eigenvalue weighted by Crippen LogP contribution is -2.45. The van der Waals surface area contributed by atoms with E-state index in [0.29, 0.717) is 23.8 Å². The van der Waals surface area contributed by atoms with Gasteiger partial charge in [0.05, 0.1) is 0 Å². The molecule has 4 heteroatoms. The van der Waals surface area contributed by atoms with Crippen molar-refractivity contribution in [2.24, 2.45) is 5.73 Å². The quantitative estimate of drug-likeness (QED) is 0.923. The van der Waals surface area contributed by atoms with Crippen molar-refractivity contribution < 1.29 is 0 Å². The third-order valence-electron chi connectivity index (χ3n) is 3.90. The van der Waals surface area contributed by atoms with Crippen molar-refractivity contribution in [2.75, 3.05) is 17.2 Å². The lowest BCUT2D eigenvalue weighted by atomic mass is 10.1. The van der Waals surface area contributed by atoms with Gasteiger partial charge in [-0.3, -0.25) is 0 Å². The Morgan fingerprint density at radius 3 is 2.79 bits per heavy atom. The topological polar surface area (TPSA) is 42.1 Å². The molecule has 1 fully saturated rings. The lowest BCUT2D eigenvalue weighted by Gasteiger charge is -2.38. The molecular weight excluding hydrogens is 254 g/mol. The SMILES string of the molecule is CC(C)c1cc(CN)cc(N2CCSC(C)C2C)n1. The fraction of sp³-hybridized carbons (Fsp3) is 0.667. The van der Waals surface area contributed by atoms with E-state index in [4.69, 9.17) is 10.7 Å². The molecule has 1 aliphatic rings. The molecule has 0 amide bonds. The first kappa shape index (κ1) is 14.7. The van der Waals surface area contributed by atoms with Gasteiger partial charge in [-0.15, -0.1) is 0 Å². The molecule has 1 aliphatic heterocycles. The molecule has 0 radical (unpaired) electrons. The van der Waals surface area contributed by atoms with Crippen LogP contribution in [0.4, 0.5) is 5.82 Å². The summed E-state index contributed by atoms with van der Waals surface area (Å²) in [5.41, 5.74) is 8.16. The highest BCUT2D eigenvalue weighted by atomic mass is 32.2. The summed E-state index contributed by atoms with van der Waals surface area (Å²) in [6.45, 7) is 10.6. The number of anilines is 1. The zero-order valence-corrected chi connectivity index (χ0v) is 13.2. The van der Waals surface area contributed by atoms with Crippen molar-refractivity contribution in [3.63, 3.8) is 0 Å². The number of aromatic nitrogens is 1. The maximum atomic E-state index is 5.83. The van der Waals surface area contributed by atoms with Gasteiger partial charge in [0, 0.05) is 35.8 Å². The van der Waals surface area contributed by atoms with Crippen LogP contribution in [0.5, 0.6) is 0 Å². The molecule has 2 unspecified atom stereocenters. The Morgan fingerprint density at radius 2 is 2.16 bits per heavy atom. The van der Waals surface area contributed by atoms with Crippen LogP contribution in [0, 0.1) is 0 Å². The molecule has 0 aromatic carbocycles. The Labute approximate surface area is 121 Å². The number of nitrogens with zero attached hydrogens (tertiary/aromatic N) is 2. The highest BCUT2D eigenvalue weighted by molar-refractivity contribution is 8.00. The van der Waals surface area contributed by atoms with Crippen molar-refractivity contribution in [1.82, 2.24) is 4.98 Å². The van der Waals surface area contributed by atoms with E-state index in [2.05, 4.69) is 56.5 Å². The van der Waals surface area contributed by atoms with Gasteiger partial charge >= 0.3 is 0 Å². The lowest BCUT2D eigenvalue weighted by molar-refractivity contribution is 0.617. The summed E-state index contributed by atoms with van der Waals surface area (Å²) in [6, 6.07) is 4.82. The molecule has 1 aromatic rings. The third kappa shape index (κ3) is 3.23.